The van der Waals surface area contributed by atoms with E-state index in [1.165, 1.54) is 7.11 Å². The van der Waals surface area contributed by atoms with E-state index in [4.69, 9.17) is 34.0 Å². The number of azide groups is 2. The van der Waals surface area contributed by atoms with Crippen LogP contribution in [0.2, 0.25) is 0 Å². The van der Waals surface area contributed by atoms with Gasteiger partial charge in [0.2, 0.25) is 0 Å². The molecule has 3 saturated heterocycles. The standard InChI is InChI=1S/C22H28N6O9/c1-3-12-16(30)19(20(34-12)26-28-24)37-22-15(25-27-23)18(32-10-14(29)31-2)17-13(35-22)9-33-21(36-17)11-7-5-4-6-8-11/h4-8,12-13,15-22,30H,3,9-10H2,1-2H3/t12-,13?,15?,16-,17+,18-,19?,20?,21?,22?/m1/s1. The molecule has 0 spiro atoms. The Hall–Kier alpha value is -2.97. The number of methoxy groups -OCH3 is 1. The third-order valence-corrected chi connectivity index (χ3v) is 6.36. The van der Waals surface area contributed by atoms with Crippen LogP contribution < -0.4 is 0 Å². The average Bonchev–Trinajstić information content (AvgIpc) is 3.22. The second-order valence-electron chi connectivity index (χ2n) is 8.54. The number of esters is 1. The lowest BCUT2D eigenvalue weighted by molar-refractivity contribution is -0.352. The molecule has 15 nitrogen and oxygen atoms in total. The summed E-state index contributed by atoms with van der Waals surface area (Å²) in [5.74, 6) is -0.652. The SMILES string of the molecule is CC[C@H]1OC(N=[N+]=[N-])C(OC2OC3COC(c4ccccc4)O[C@@H]3[C@H](OCC(=O)OC)C2N=[N+]=[N-])[C@@H]1O. The van der Waals surface area contributed by atoms with Crippen molar-refractivity contribution in [2.45, 2.75) is 74.8 Å². The molecular weight excluding hydrogens is 492 g/mol. The quantitative estimate of drug-likeness (QED) is 0.219. The molecule has 1 aromatic carbocycles. The van der Waals surface area contributed by atoms with Gasteiger partial charge >= 0.3 is 5.97 Å². The molecule has 3 aliphatic heterocycles. The van der Waals surface area contributed by atoms with Gasteiger partial charge in [-0.2, -0.15) is 0 Å². The van der Waals surface area contributed by atoms with Crippen molar-refractivity contribution in [2.75, 3.05) is 20.3 Å². The molecule has 37 heavy (non-hydrogen) atoms. The first-order valence-corrected chi connectivity index (χ1v) is 11.7. The molecular formula is C22H28N6O9. The van der Waals surface area contributed by atoms with Crippen molar-refractivity contribution in [2.24, 2.45) is 10.2 Å². The molecule has 3 aliphatic rings. The van der Waals surface area contributed by atoms with Crippen LogP contribution in [-0.2, 0) is 38.0 Å². The molecule has 15 heteroatoms. The highest BCUT2D eigenvalue weighted by Crippen LogP contribution is 2.38. The normalized spacial score (nSPS) is 37.1. The zero-order valence-corrected chi connectivity index (χ0v) is 20.2. The maximum atomic E-state index is 11.9. The van der Waals surface area contributed by atoms with Gasteiger partial charge in [-0.1, -0.05) is 47.5 Å². The molecule has 6 unspecified atom stereocenters. The summed E-state index contributed by atoms with van der Waals surface area (Å²) in [6.07, 6.45) is -8.26. The zero-order chi connectivity index (χ0) is 26.4. The summed E-state index contributed by atoms with van der Waals surface area (Å²) in [5.41, 5.74) is 19.0. The summed E-state index contributed by atoms with van der Waals surface area (Å²) >= 11 is 0. The van der Waals surface area contributed by atoms with E-state index >= 15 is 0 Å². The van der Waals surface area contributed by atoms with Crippen LogP contribution in [-0.4, -0.2) is 86.6 Å². The predicted molar refractivity (Wildman–Crippen MR) is 122 cm³/mol. The van der Waals surface area contributed by atoms with Crippen LogP contribution in [0.3, 0.4) is 0 Å². The van der Waals surface area contributed by atoms with Gasteiger partial charge in [-0.15, -0.1) is 0 Å². The largest absolute Gasteiger partial charge is 0.467 e. The number of fused-ring (bicyclic) bond motifs is 1. The maximum absolute atomic E-state index is 11.9. The van der Waals surface area contributed by atoms with E-state index in [0.29, 0.717) is 6.42 Å². The van der Waals surface area contributed by atoms with E-state index in [1.54, 1.807) is 6.92 Å². The fourth-order valence-electron chi connectivity index (χ4n) is 4.55. The first-order valence-electron chi connectivity index (χ1n) is 11.7. The number of hydrogen-bond donors (Lipinski definition) is 1. The summed E-state index contributed by atoms with van der Waals surface area (Å²) in [4.78, 5) is 17.6. The fraction of sp³-hybridized carbons (Fsp3) is 0.682. The van der Waals surface area contributed by atoms with E-state index in [1.807, 2.05) is 30.3 Å². The van der Waals surface area contributed by atoms with Gasteiger partial charge in [0.15, 0.2) is 18.8 Å². The van der Waals surface area contributed by atoms with Crippen molar-refractivity contribution < 1.29 is 43.1 Å². The Bertz CT molecular complexity index is 1020. The molecule has 3 heterocycles. The van der Waals surface area contributed by atoms with Crippen LogP contribution in [0.25, 0.3) is 20.9 Å². The van der Waals surface area contributed by atoms with Gasteiger partial charge in [0.05, 0.1) is 19.8 Å². The van der Waals surface area contributed by atoms with Gasteiger partial charge in [-0.3, -0.25) is 0 Å². The van der Waals surface area contributed by atoms with Crippen LogP contribution in [0.4, 0.5) is 0 Å². The predicted octanol–water partition coefficient (Wildman–Crippen LogP) is 2.25. The summed E-state index contributed by atoms with van der Waals surface area (Å²) in [7, 11) is 1.22. The van der Waals surface area contributed by atoms with Crippen LogP contribution in [0.15, 0.2) is 40.6 Å². The minimum Gasteiger partial charge on any atom is -0.467 e. The van der Waals surface area contributed by atoms with E-state index in [2.05, 4.69) is 24.8 Å². The zero-order valence-electron chi connectivity index (χ0n) is 20.2. The number of aliphatic hydroxyl groups is 1. The molecule has 1 aromatic rings. The molecule has 0 saturated carbocycles. The van der Waals surface area contributed by atoms with E-state index in [-0.39, 0.29) is 6.61 Å². The Balaban J connectivity index is 1.61. The second kappa shape index (κ2) is 12.5. The van der Waals surface area contributed by atoms with Gasteiger partial charge in [-0.25, -0.2) is 4.79 Å². The number of benzene rings is 1. The number of carbonyl (C=O) groups excluding carboxylic acids is 1. The average molecular weight is 520 g/mol. The number of nitrogens with zero attached hydrogens (tertiary/aromatic N) is 6. The first kappa shape index (κ1) is 27.1. The van der Waals surface area contributed by atoms with Crippen LogP contribution in [0, 0.1) is 0 Å². The molecule has 0 aliphatic carbocycles. The number of hydrogen-bond acceptors (Lipinski definition) is 11. The van der Waals surface area contributed by atoms with Crippen LogP contribution in [0.1, 0.15) is 25.2 Å². The van der Waals surface area contributed by atoms with Crippen LogP contribution in [0.5, 0.6) is 0 Å². The lowest BCUT2D eigenvalue weighted by Gasteiger charge is -2.48. The third-order valence-electron chi connectivity index (χ3n) is 6.36. The number of carbonyl (C=O) groups is 1. The Morgan fingerprint density at radius 3 is 2.57 bits per heavy atom. The molecule has 200 valence electrons. The Morgan fingerprint density at radius 1 is 1.14 bits per heavy atom. The minimum absolute atomic E-state index is 0.0617. The lowest BCUT2D eigenvalue weighted by atomic mass is 9.95. The highest BCUT2D eigenvalue weighted by Gasteiger charge is 2.53. The minimum atomic E-state index is -1.28. The summed E-state index contributed by atoms with van der Waals surface area (Å²) < 4.78 is 40.2. The topological polar surface area (TPSA) is 199 Å². The Morgan fingerprint density at radius 2 is 1.89 bits per heavy atom. The molecule has 10 atom stereocenters. The monoisotopic (exact) mass is 520 g/mol. The summed E-state index contributed by atoms with van der Waals surface area (Å²) in [6, 6.07) is 8.03. The van der Waals surface area contributed by atoms with Crippen molar-refractivity contribution >= 4 is 5.97 Å². The smallest absolute Gasteiger partial charge is 0.331 e. The highest BCUT2D eigenvalue weighted by molar-refractivity contribution is 5.70. The van der Waals surface area contributed by atoms with Crippen molar-refractivity contribution in [3.8, 4) is 0 Å². The Kier molecular flexibility index (Phi) is 9.16. The summed E-state index contributed by atoms with van der Waals surface area (Å²) in [6.45, 7) is 1.40. The van der Waals surface area contributed by atoms with Crippen molar-refractivity contribution in [3.63, 3.8) is 0 Å². The van der Waals surface area contributed by atoms with E-state index < -0.39 is 74.0 Å². The van der Waals surface area contributed by atoms with Crippen molar-refractivity contribution in [1.82, 2.24) is 0 Å². The second-order valence-corrected chi connectivity index (χ2v) is 8.54. The maximum Gasteiger partial charge on any atom is 0.331 e. The van der Waals surface area contributed by atoms with Crippen LogP contribution >= 0.6 is 0 Å². The van der Waals surface area contributed by atoms with Gasteiger partial charge in [0.1, 0.15) is 43.2 Å². The molecule has 3 fully saturated rings. The lowest BCUT2D eigenvalue weighted by Crippen LogP contribution is -2.63. The highest BCUT2D eigenvalue weighted by atomic mass is 16.8. The van der Waals surface area contributed by atoms with Gasteiger partial charge in [-0.05, 0) is 17.5 Å². The van der Waals surface area contributed by atoms with Gasteiger partial charge in [0.25, 0.3) is 0 Å². The van der Waals surface area contributed by atoms with Gasteiger partial charge in [0, 0.05) is 15.4 Å². The summed E-state index contributed by atoms with van der Waals surface area (Å²) in [5, 5.41) is 18.1. The van der Waals surface area contributed by atoms with Gasteiger partial charge < -0.3 is 38.3 Å². The molecule has 4 rings (SSSR count). The number of rotatable bonds is 9. The molecule has 0 radical (unpaired) electrons. The third kappa shape index (κ3) is 5.96. The number of aliphatic hydroxyl groups excluding tert-OH is 1. The van der Waals surface area contributed by atoms with Crippen molar-refractivity contribution in [1.29, 1.82) is 0 Å². The molecule has 0 amide bonds. The molecule has 1 N–H and O–H groups in total. The molecule has 0 bridgehead atoms. The van der Waals surface area contributed by atoms with E-state index in [0.717, 1.165) is 5.56 Å². The van der Waals surface area contributed by atoms with E-state index in [9.17, 15) is 15.4 Å². The Labute approximate surface area is 211 Å². The number of ether oxygens (including phenoxy) is 7. The van der Waals surface area contributed by atoms with Crippen molar-refractivity contribution in [3.05, 3.63) is 56.8 Å². The first-order chi connectivity index (χ1) is 18.0. The molecule has 0 aromatic heterocycles. The fourth-order valence-corrected chi connectivity index (χ4v) is 4.55.